The summed E-state index contributed by atoms with van der Waals surface area (Å²) in [6.45, 7) is 2.97. The van der Waals surface area contributed by atoms with Crippen LogP contribution in [0.2, 0.25) is 5.02 Å². The minimum Gasteiger partial charge on any atom is -0.352 e. The third-order valence-corrected chi connectivity index (χ3v) is 6.98. The van der Waals surface area contributed by atoms with E-state index in [9.17, 15) is 14.4 Å². The highest BCUT2D eigenvalue weighted by Gasteiger charge is 2.14. The molecular formula is C32H28ClN3O3. The SMILES string of the molecule is Cc1cccc(Cn2c(=O)n(Cc3ccc(C(=O)NCCc4ccc(Cl)cc4)cc3)c(=O)c3ccccc32)c1. The van der Waals surface area contributed by atoms with Crippen molar-refractivity contribution in [2.75, 3.05) is 6.54 Å². The van der Waals surface area contributed by atoms with Crippen LogP contribution in [0.1, 0.15) is 32.6 Å². The number of fused-ring (bicyclic) bond motifs is 1. The smallest absolute Gasteiger partial charge is 0.332 e. The van der Waals surface area contributed by atoms with Crippen LogP contribution in [0.3, 0.4) is 0 Å². The number of amides is 1. The normalized spacial score (nSPS) is 11.0. The van der Waals surface area contributed by atoms with E-state index in [0.29, 0.717) is 41.0 Å². The van der Waals surface area contributed by atoms with Gasteiger partial charge in [-0.25, -0.2) is 4.79 Å². The van der Waals surface area contributed by atoms with E-state index in [1.807, 2.05) is 61.5 Å². The molecule has 1 amide bonds. The zero-order valence-electron chi connectivity index (χ0n) is 21.6. The van der Waals surface area contributed by atoms with Crippen LogP contribution in [0.4, 0.5) is 0 Å². The molecule has 0 saturated carbocycles. The number of nitrogens with zero attached hydrogens (tertiary/aromatic N) is 2. The van der Waals surface area contributed by atoms with Crippen LogP contribution in [0, 0.1) is 6.92 Å². The topological polar surface area (TPSA) is 73.1 Å². The van der Waals surface area contributed by atoms with Gasteiger partial charge >= 0.3 is 5.69 Å². The molecule has 0 aliphatic rings. The van der Waals surface area contributed by atoms with E-state index in [1.165, 1.54) is 4.57 Å². The van der Waals surface area contributed by atoms with E-state index in [2.05, 4.69) is 5.32 Å². The number of aryl methyl sites for hydroxylation is 1. The fourth-order valence-electron chi connectivity index (χ4n) is 4.67. The first-order valence-electron chi connectivity index (χ1n) is 12.8. The second kappa shape index (κ2) is 11.5. The van der Waals surface area contributed by atoms with Crippen molar-refractivity contribution in [2.45, 2.75) is 26.4 Å². The van der Waals surface area contributed by atoms with Gasteiger partial charge in [0.15, 0.2) is 0 Å². The summed E-state index contributed by atoms with van der Waals surface area (Å²) in [5.41, 5.74) is 4.34. The molecule has 0 saturated heterocycles. The molecule has 0 fully saturated rings. The zero-order valence-corrected chi connectivity index (χ0v) is 22.3. The number of halogens is 1. The number of hydrogen-bond acceptors (Lipinski definition) is 3. The highest BCUT2D eigenvalue weighted by Crippen LogP contribution is 2.13. The van der Waals surface area contributed by atoms with Gasteiger partial charge in [0.05, 0.1) is 24.0 Å². The minimum atomic E-state index is -0.371. The zero-order chi connectivity index (χ0) is 27.4. The average Bonchev–Trinajstić information content (AvgIpc) is 2.95. The summed E-state index contributed by atoms with van der Waals surface area (Å²) in [4.78, 5) is 39.5. The van der Waals surface area contributed by atoms with Crippen molar-refractivity contribution in [1.29, 1.82) is 0 Å². The summed E-state index contributed by atoms with van der Waals surface area (Å²) in [5.74, 6) is -0.182. The fraction of sp³-hybridized carbons (Fsp3) is 0.156. The summed E-state index contributed by atoms with van der Waals surface area (Å²) >= 11 is 5.92. The van der Waals surface area contributed by atoms with Crippen molar-refractivity contribution in [1.82, 2.24) is 14.5 Å². The predicted octanol–water partition coefficient (Wildman–Crippen LogP) is 5.19. The standard InChI is InChI=1S/C32H28ClN3O3/c1-22-5-4-6-25(19-22)21-35-29-8-3-2-7-28(29)31(38)36(32(35)39)20-24-9-13-26(14-10-24)30(37)34-18-17-23-11-15-27(33)16-12-23/h2-16,19H,17-18,20-21H2,1H3,(H,34,37). The van der Waals surface area contributed by atoms with Crippen LogP contribution in [-0.2, 0) is 19.5 Å². The third-order valence-electron chi connectivity index (χ3n) is 6.72. The lowest BCUT2D eigenvalue weighted by Gasteiger charge is -2.15. The lowest BCUT2D eigenvalue weighted by molar-refractivity contribution is 0.0954. The van der Waals surface area contributed by atoms with Gasteiger partial charge in [-0.1, -0.05) is 77.8 Å². The molecule has 4 aromatic carbocycles. The third kappa shape index (κ3) is 6.02. The lowest BCUT2D eigenvalue weighted by atomic mass is 10.1. The molecule has 0 aliphatic carbocycles. The molecule has 1 N–H and O–H groups in total. The fourth-order valence-corrected chi connectivity index (χ4v) is 4.80. The Kier molecular flexibility index (Phi) is 7.75. The highest BCUT2D eigenvalue weighted by atomic mass is 35.5. The second-order valence-corrected chi connectivity index (χ2v) is 10.0. The Hall–Kier alpha value is -4.42. The molecule has 0 unspecified atom stereocenters. The van der Waals surface area contributed by atoms with Gasteiger partial charge in [0.2, 0.25) is 0 Å². The molecule has 6 nitrogen and oxygen atoms in total. The van der Waals surface area contributed by atoms with E-state index in [0.717, 1.165) is 22.3 Å². The number of aromatic nitrogens is 2. The Bertz CT molecular complexity index is 1750. The van der Waals surface area contributed by atoms with Gasteiger partial charge in [0.1, 0.15) is 0 Å². The number of hydrogen-bond donors (Lipinski definition) is 1. The maximum absolute atomic E-state index is 13.6. The Labute approximate surface area is 231 Å². The Morgan fingerprint density at radius 3 is 2.21 bits per heavy atom. The van der Waals surface area contributed by atoms with Crippen molar-refractivity contribution < 1.29 is 4.79 Å². The molecule has 0 radical (unpaired) electrons. The first kappa shape index (κ1) is 26.2. The Balaban J connectivity index is 1.35. The average molecular weight is 538 g/mol. The molecule has 0 bridgehead atoms. The Morgan fingerprint density at radius 1 is 0.769 bits per heavy atom. The van der Waals surface area contributed by atoms with E-state index in [1.54, 1.807) is 47.0 Å². The molecule has 5 aromatic rings. The van der Waals surface area contributed by atoms with Gasteiger partial charge in [-0.05, 0) is 66.4 Å². The van der Waals surface area contributed by atoms with Crippen LogP contribution in [0.25, 0.3) is 10.9 Å². The van der Waals surface area contributed by atoms with Crippen LogP contribution < -0.4 is 16.6 Å². The van der Waals surface area contributed by atoms with E-state index < -0.39 is 0 Å². The first-order chi connectivity index (χ1) is 18.9. The van der Waals surface area contributed by atoms with Gasteiger partial charge in [-0.15, -0.1) is 0 Å². The summed E-state index contributed by atoms with van der Waals surface area (Å²) in [6, 6.07) is 29.7. The maximum atomic E-state index is 13.6. The first-order valence-corrected chi connectivity index (χ1v) is 13.2. The number of carbonyl (C=O) groups excluding carboxylic acids is 1. The van der Waals surface area contributed by atoms with Gasteiger partial charge in [-0.2, -0.15) is 0 Å². The number of carbonyl (C=O) groups is 1. The molecule has 0 atom stereocenters. The molecule has 0 aliphatic heterocycles. The molecule has 196 valence electrons. The summed E-state index contributed by atoms with van der Waals surface area (Å²) in [6.07, 6.45) is 0.695. The number of benzene rings is 4. The van der Waals surface area contributed by atoms with Crippen molar-refractivity contribution in [2.24, 2.45) is 0 Å². The van der Waals surface area contributed by atoms with Gasteiger partial charge in [0.25, 0.3) is 11.5 Å². The monoisotopic (exact) mass is 537 g/mol. The van der Waals surface area contributed by atoms with Crippen LogP contribution in [0.15, 0.2) is 107 Å². The second-order valence-electron chi connectivity index (χ2n) is 9.60. The van der Waals surface area contributed by atoms with Crippen LogP contribution >= 0.6 is 11.6 Å². The number of para-hydroxylation sites is 1. The van der Waals surface area contributed by atoms with Gasteiger partial charge in [-0.3, -0.25) is 18.7 Å². The van der Waals surface area contributed by atoms with Crippen molar-refractivity contribution >= 4 is 28.4 Å². The van der Waals surface area contributed by atoms with Crippen LogP contribution in [0.5, 0.6) is 0 Å². The van der Waals surface area contributed by atoms with Crippen molar-refractivity contribution in [3.63, 3.8) is 0 Å². The maximum Gasteiger partial charge on any atom is 0.332 e. The molecule has 5 rings (SSSR count). The van der Waals surface area contributed by atoms with Gasteiger partial charge in [0, 0.05) is 17.1 Å². The summed E-state index contributed by atoms with van der Waals surface area (Å²) < 4.78 is 2.91. The summed E-state index contributed by atoms with van der Waals surface area (Å²) in [5, 5.41) is 4.09. The van der Waals surface area contributed by atoms with Crippen molar-refractivity contribution in [3.05, 3.63) is 151 Å². The van der Waals surface area contributed by atoms with Gasteiger partial charge < -0.3 is 5.32 Å². The molecule has 0 spiro atoms. The molecule has 1 heterocycles. The number of nitrogens with one attached hydrogen (secondary N) is 1. The van der Waals surface area contributed by atoms with E-state index in [4.69, 9.17) is 11.6 Å². The number of rotatable bonds is 8. The lowest BCUT2D eigenvalue weighted by Crippen LogP contribution is -2.40. The van der Waals surface area contributed by atoms with E-state index in [-0.39, 0.29) is 23.7 Å². The molecule has 39 heavy (non-hydrogen) atoms. The van der Waals surface area contributed by atoms with E-state index >= 15 is 0 Å². The molecule has 7 heteroatoms. The molecule has 1 aromatic heterocycles. The van der Waals surface area contributed by atoms with Crippen LogP contribution in [-0.4, -0.2) is 21.6 Å². The van der Waals surface area contributed by atoms with Crippen molar-refractivity contribution in [3.8, 4) is 0 Å². The molecular weight excluding hydrogens is 510 g/mol. The highest BCUT2D eigenvalue weighted by molar-refractivity contribution is 6.30. The largest absolute Gasteiger partial charge is 0.352 e. The quantitative estimate of drug-likeness (QED) is 0.296. The predicted molar refractivity (Wildman–Crippen MR) is 156 cm³/mol. The minimum absolute atomic E-state index is 0.106. The summed E-state index contributed by atoms with van der Waals surface area (Å²) in [7, 11) is 0. The Morgan fingerprint density at radius 2 is 1.46 bits per heavy atom.